The van der Waals surface area contributed by atoms with Crippen LogP contribution < -0.4 is 16.4 Å². The van der Waals surface area contributed by atoms with Crippen molar-refractivity contribution >= 4 is 41.5 Å². The molecule has 1 aromatic carbocycles. The highest BCUT2D eigenvalue weighted by Crippen LogP contribution is 2.27. The molecule has 0 spiro atoms. The van der Waals surface area contributed by atoms with E-state index in [1.165, 1.54) is 0 Å². The second kappa shape index (κ2) is 8.52. The van der Waals surface area contributed by atoms with Crippen molar-refractivity contribution < 1.29 is 4.79 Å². The van der Waals surface area contributed by atoms with Crippen LogP contribution in [0.1, 0.15) is 45.6 Å². The summed E-state index contributed by atoms with van der Waals surface area (Å²) in [6, 6.07) is 7.76. The number of benzene rings is 1. The standard InChI is InChI=1S/C17H26N4O.HI/c1-17(2,3)21-16(18)19-11-12-6-4-9-14(10-12)20-15(22)13-7-5-8-13;/h4,6,9-10,13H,5,7-8,11H2,1-3H3,(H,20,22)(H3,18,19,21);1H. The van der Waals surface area contributed by atoms with Gasteiger partial charge in [0, 0.05) is 17.1 Å². The van der Waals surface area contributed by atoms with Crippen molar-refractivity contribution in [3.63, 3.8) is 0 Å². The van der Waals surface area contributed by atoms with Crippen LogP contribution in [0.5, 0.6) is 0 Å². The van der Waals surface area contributed by atoms with Crippen molar-refractivity contribution in [2.24, 2.45) is 16.6 Å². The first-order chi connectivity index (χ1) is 10.3. The Morgan fingerprint density at radius 2 is 2.04 bits per heavy atom. The molecule has 0 aromatic heterocycles. The summed E-state index contributed by atoms with van der Waals surface area (Å²) in [5.41, 5.74) is 7.60. The molecule has 1 aliphatic carbocycles. The van der Waals surface area contributed by atoms with E-state index in [0.29, 0.717) is 12.5 Å². The van der Waals surface area contributed by atoms with Gasteiger partial charge in [-0.25, -0.2) is 4.99 Å². The van der Waals surface area contributed by atoms with Gasteiger partial charge in [-0.2, -0.15) is 0 Å². The van der Waals surface area contributed by atoms with E-state index in [1.54, 1.807) is 0 Å². The number of hydrogen-bond donors (Lipinski definition) is 3. The zero-order valence-electron chi connectivity index (χ0n) is 14.1. The van der Waals surface area contributed by atoms with Crippen molar-refractivity contribution in [3.05, 3.63) is 29.8 Å². The molecule has 1 amide bonds. The van der Waals surface area contributed by atoms with Crippen LogP contribution in [0.2, 0.25) is 0 Å². The number of nitrogens with one attached hydrogen (secondary N) is 2. The molecule has 5 nitrogen and oxygen atoms in total. The minimum Gasteiger partial charge on any atom is -0.370 e. The molecule has 0 heterocycles. The van der Waals surface area contributed by atoms with Crippen LogP contribution in [0.15, 0.2) is 29.3 Å². The lowest BCUT2D eigenvalue weighted by molar-refractivity contribution is -0.122. The highest BCUT2D eigenvalue weighted by Gasteiger charge is 2.25. The Labute approximate surface area is 155 Å². The van der Waals surface area contributed by atoms with Crippen LogP contribution in [0.25, 0.3) is 0 Å². The number of anilines is 1. The minimum absolute atomic E-state index is 0. The lowest BCUT2D eigenvalue weighted by atomic mass is 9.85. The Morgan fingerprint density at radius 3 is 2.61 bits per heavy atom. The Morgan fingerprint density at radius 1 is 1.35 bits per heavy atom. The third kappa shape index (κ3) is 6.76. The summed E-state index contributed by atoms with van der Waals surface area (Å²) in [5.74, 6) is 0.741. The molecule has 2 rings (SSSR count). The normalized spacial score (nSPS) is 15.3. The maximum atomic E-state index is 12.0. The van der Waals surface area contributed by atoms with Crippen LogP contribution in [0, 0.1) is 5.92 Å². The molecular formula is C17H27IN4O. The van der Waals surface area contributed by atoms with Crippen LogP contribution in [0.3, 0.4) is 0 Å². The third-order valence-electron chi connectivity index (χ3n) is 3.61. The molecule has 0 unspecified atom stereocenters. The Kier molecular flexibility index (Phi) is 7.31. The summed E-state index contributed by atoms with van der Waals surface area (Å²) < 4.78 is 0. The number of nitrogens with two attached hydrogens (primary N) is 1. The van der Waals surface area contributed by atoms with E-state index >= 15 is 0 Å². The number of aliphatic imine (C=N–C) groups is 1. The van der Waals surface area contributed by atoms with E-state index in [2.05, 4.69) is 15.6 Å². The van der Waals surface area contributed by atoms with Crippen LogP contribution in [0.4, 0.5) is 5.69 Å². The number of rotatable bonds is 4. The minimum atomic E-state index is -0.105. The molecule has 1 fully saturated rings. The van der Waals surface area contributed by atoms with Gasteiger partial charge in [-0.15, -0.1) is 24.0 Å². The largest absolute Gasteiger partial charge is 0.370 e. The summed E-state index contributed by atoms with van der Waals surface area (Å²) >= 11 is 0. The zero-order chi connectivity index (χ0) is 16.2. The van der Waals surface area contributed by atoms with Crippen LogP contribution >= 0.6 is 24.0 Å². The van der Waals surface area contributed by atoms with Gasteiger partial charge in [-0.3, -0.25) is 4.79 Å². The second-order valence-corrected chi connectivity index (χ2v) is 6.89. The van der Waals surface area contributed by atoms with Gasteiger partial charge in [0.05, 0.1) is 6.54 Å². The van der Waals surface area contributed by atoms with Gasteiger partial charge >= 0.3 is 0 Å². The number of hydrogen-bond acceptors (Lipinski definition) is 2. The summed E-state index contributed by atoms with van der Waals surface area (Å²) in [6.07, 6.45) is 3.17. The van der Waals surface area contributed by atoms with E-state index in [-0.39, 0.29) is 41.3 Å². The lowest BCUT2D eigenvalue weighted by Gasteiger charge is -2.24. The Hall–Kier alpha value is -1.31. The summed E-state index contributed by atoms with van der Waals surface area (Å²) in [7, 11) is 0. The topological polar surface area (TPSA) is 79.5 Å². The fourth-order valence-corrected chi connectivity index (χ4v) is 2.26. The van der Waals surface area contributed by atoms with E-state index < -0.39 is 0 Å². The van der Waals surface area contributed by atoms with Crippen molar-refractivity contribution in [2.45, 2.75) is 52.1 Å². The fraction of sp³-hybridized carbons (Fsp3) is 0.529. The molecule has 0 bridgehead atoms. The van der Waals surface area contributed by atoms with Gasteiger partial charge in [0.25, 0.3) is 0 Å². The molecule has 4 N–H and O–H groups in total. The average Bonchev–Trinajstić information content (AvgIpc) is 2.32. The first-order valence-electron chi connectivity index (χ1n) is 7.81. The maximum Gasteiger partial charge on any atom is 0.227 e. The third-order valence-corrected chi connectivity index (χ3v) is 3.61. The number of nitrogens with zero attached hydrogens (tertiary/aromatic N) is 1. The Balaban J connectivity index is 0.00000264. The quantitative estimate of drug-likeness (QED) is 0.390. The summed E-state index contributed by atoms with van der Waals surface area (Å²) in [6.45, 7) is 6.59. The molecule has 0 atom stereocenters. The summed E-state index contributed by atoms with van der Waals surface area (Å²) in [4.78, 5) is 16.3. The highest BCUT2D eigenvalue weighted by atomic mass is 127. The van der Waals surface area contributed by atoms with Crippen LogP contribution in [-0.4, -0.2) is 17.4 Å². The zero-order valence-corrected chi connectivity index (χ0v) is 16.4. The van der Waals surface area contributed by atoms with E-state index in [4.69, 9.17) is 5.73 Å². The number of amides is 1. The number of carbonyl (C=O) groups is 1. The van der Waals surface area contributed by atoms with Gasteiger partial charge in [0.1, 0.15) is 0 Å². The van der Waals surface area contributed by atoms with Gasteiger partial charge in [-0.05, 0) is 51.3 Å². The van der Waals surface area contributed by atoms with Crippen molar-refractivity contribution in [1.82, 2.24) is 5.32 Å². The van der Waals surface area contributed by atoms with E-state index in [0.717, 1.165) is 30.5 Å². The Bertz CT molecular complexity index is 562. The first kappa shape index (κ1) is 19.7. The molecule has 128 valence electrons. The summed E-state index contributed by atoms with van der Waals surface area (Å²) in [5, 5.41) is 6.10. The van der Waals surface area contributed by atoms with Crippen molar-refractivity contribution in [1.29, 1.82) is 0 Å². The predicted octanol–water partition coefficient (Wildman–Crippen LogP) is 3.25. The number of carbonyl (C=O) groups excluding carboxylic acids is 1. The van der Waals surface area contributed by atoms with Crippen molar-refractivity contribution in [2.75, 3.05) is 5.32 Å². The molecule has 6 heteroatoms. The van der Waals surface area contributed by atoms with Crippen molar-refractivity contribution in [3.8, 4) is 0 Å². The lowest BCUT2D eigenvalue weighted by Crippen LogP contribution is -2.44. The smallest absolute Gasteiger partial charge is 0.227 e. The fourth-order valence-electron chi connectivity index (χ4n) is 2.26. The molecular weight excluding hydrogens is 403 g/mol. The molecule has 0 saturated heterocycles. The first-order valence-corrected chi connectivity index (χ1v) is 7.81. The molecule has 1 saturated carbocycles. The highest BCUT2D eigenvalue weighted by molar-refractivity contribution is 14.0. The number of halogens is 1. The molecule has 23 heavy (non-hydrogen) atoms. The maximum absolute atomic E-state index is 12.0. The van der Waals surface area contributed by atoms with Gasteiger partial charge < -0.3 is 16.4 Å². The predicted molar refractivity (Wildman–Crippen MR) is 106 cm³/mol. The van der Waals surface area contributed by atoms with Gasteiger partial charge in [0.2, 0.25) is 5.91 Å². The molecule has 0 aliphatic heterocycles. The SMILES string of the molecule is CC(C)(C)NC(N)=NCc1cccc(NC(=O)C2CCC2)c1.I. The molecule has 1 aromatic rings. The van der Waals surface area contributed by atoms with E-state index in [1.807, 2.05) is 45.0 Å². The van der Waals surface area contributed by atoms with Crippen LogP contribution in [-0.2, 0) is 11.3 Å². The monoisotopic (exact) mass is 430 g/mol. The van der Waals surface area contributed by atoms with E-state index in [9.17, 15) is 4.79 Å². The molecule has 1 aliphatic rings. The van der Waals surface area contributed by atoms with Gasteiger partial charge in [0.15, 0.2) is 5.96 Å². The second-order valence-electron chi connectivity index (χ2n) is 6.89. The number of guanidine groups is 1. The molecule has 0 radical (unpaired) electrons. The average molecular weight is 430 g/mol. The van der Waals surface area contributed by atoms with Gasteiger partial charge in [-0.1, -0.05) is 18.6 Å².